The Labute approximate surface area is 190 Å². The molecule has 7 nitrogen and oxygen atoms in total. The maximum absolute atomic E-state index is 5.93. The fourth-order valence-electron chi connectivity index (χ4n) is 3.05. The molecule has 8 heteroatoms. The number of aromatic nitrogens is 1. The first-order chi connectivity index (χ1) is 15.1. The lowest BCUT2D eigenvalue weighted by Crippen LogP contribution is -2.37. The number of methoxy groups -OCH3 is 1. The number of halogens is 1. The van der Waals surface area contributed by atoms with E-state index in [2.05, 4.69) is 39.4 Å². The van der Waals surface area contributed by atoms with Crippen molar-refractivity contribution >= 4 is 17.6 Å². The van der Waals surface area contributed by atoms with Crippen LogP contribution in [0.5, 0.6) is 11.5 Å². The summed E-state index contributed by atoms with van der Waals surface area (Å²) in [6.07, 6.45) is 2.62. The van der Waals surface area contributed by atoms with Gasteiger partial charge >= 0.3 is 0 Å². The number of rotatable bonds is 12. The fraction of sp³-hybridized carbons (Fsp3) is 0.478. The molecular weight excluding hydrogens is 414 g/mol. The lowest BCUT2D eigenvalue weighted by molar-refractivity contribution is 0.217. The van der Waals surface area contributed by atoms with Gasteiger partial charge in [-0.1, -0.05) is 37.6 Å². The highest BCUT2D eigenvalue weighted by Crippen LogP contribution is 2.28. The Hall–Kier alpha value is -2.51. The number of aliphatic imine (C=N–C) groups is 1. The van der Waals surface area contributed by atoms with Crippen molar-refractivity contribution in [2.45, 2.75) is 26.8 Å². The summed E-state index contributed by atoms with van der Waals surface area (Å²) < 4.78 is 11.5. The number of benzene rings is 1. The van der Waals surface area contributed by atoms with Crippen molar-refractivity contribution in [3.63, 3.8) is 0 Å². The molecule has 0 fully saturated rings. The highest BCUT2D eigenvalue weighted by Gasteiger charge is 2.08. The minimum atomic E-state index is 0.505. The van der Waals surface area contributed by atoms with Crippen LogP contribution in [-0.4, -0.2) is 62.8 Å². The van der Waals surface area contributed by atoms with E-state index in [-0.39, 0.29) is 0 Å². The first-order valence-electron chi connectivity index (χ1n) is 10.7. The Kier molecular flexibility index (Phi) is 11.0. The summed E-state index contributed by atoms with van der Waals surface area (Å²) in [6.45, 7) is 9.25. The highest BCUT2D eigenvalue weighted by molar-refractivity contribution is 6.29. The van der Waals surface area contributed by atoms with Crippen LogP contribution in [0.25, 0.3) is 0 Å². The van der Waals surface area contributed by atoms with Crippen LogP contribution in [0, 0.1) is 0 Å². The van der Waals surface area contributed by atoms with Crippen LogP contribution in [0.3, 0.4) is 0 Å². The van der Waals surface area contributed by atoms with Gasteiger partial charge in [0.15, 0.2) is 17.5 Å². The van der Waals surface area contributed by atoms with E-state index >= 15 is 0 Å². The molecule has 0 atom stereocenters. The zero-order valence-corrected chi connectivity index (χ0v) is 19.7. The standard InChI is InChI=1S/C23H34ClN5O2/c1-5-29(6-2)13-14-31-20-9-7-19(15-21(20)30-4)17-28-23(25-3)26-12-11-18-8-10-22(24)27-16-18/h7-10,15-16H,5-6,11-14,17H2,1-4H3,(H2,25,26,28). The minimum Gasteiger partial charge on any atom is -0.493 e. The highest BCUT2D eigenvalue weighted by atomic mass is 35.5. The molecule has 2 rings (SSSR count). The van der Waals surface area contributed by atoms with Crippen molar-refractivity contribution in [1.29, 1.82) is 0 Å². The molecular formula is C23H34ClN5O2. The fourth-order valence-corrected chi connectivity index (χ4v) is 3.16. The van der Waals surface area contributed by atoms with Gasteiger partial charge in [0.1, 0.15) is 11.8 Å². The van der Waals surface area contributed by atoms with Crippen LogP contribution in [-0.2, 0) is 13.0 Å². The van der Waals surface area contributed by atoms with E-state index in [1.54, 1.807) is 26.4 Å². The number of pyridine rings is 1. The Morgan fingerprint density at radius 2 is 1.87 bits per heavy atom. The average molecular weight is 448 g/mol. The Morgan fingerprint density at radius 1 is 1.10 bits per heavy atom. The molecule has 0 aliphatic rings. The average Bonchev–Trinajstić information content (AvgIpc) is 2.80. The third-order valence-corrected chi connectivity index (χ3v) is 5.19. The summed E-state index contributed by atoms with van der Waals surface area (Å²) >= 11 is 5.82. The Morgan fingerprint density at radius 3 is 2.52 bits per heavy atom. The predicted molar refractivity (Wildman–Crippen MR) is 127 cm³/mol. The largest absolute Gasteiger partial charge is 0.493 e. The predicted octanol–water partition coefficient (Wildman–Crippen LogP) is 3.37. The Balaban J connectivity index is 1.82. The summed E-state index contributed by atoms with van der Waals surface area (Å²) in [7, 11) is 3.42. The second-order valence-electron chi connectivity index (χ2n) is 6.95. The monoisotopic (exact) mass is 447 g/mol. The van der Waals surface area contributed by atoms with Gasteiger partial charge in [0.05, 0.1) is 7.11 Å². The second-order valence-corrected chi connectivity index (χ2v) is 7.34. The van der Waals surface area contributed by atoms with Crippen molar-refractivity contribution in [3.8, 4) is 11.5 Å². The molecule has 0 radical (unpaired) electrons. The van der Waals surface area contributed by atoms with Gasteiger partial charge < -0.3 is 25.0 Å². The number of ether oxygens (including phenoxy) is 2. The molecule has 31 heavy (non-hydrogen) atoms. The lowest BCUT2D eigenvalue weighted by atomic mass is 10.2. The minimum absolute atomic E-state index is 0.505. The molecule has 1 heterocycles. The topological polar surface area (TPSA) is 71.0 Å². The normalized spacial score (nSPS) is 11.5. The molecule has 0 unspecified atom stereocenters. The van der Waals surface area contributed by atoms with Gasteiger partial charge in [-0.25, -0.2) is 4.98 Å². The van der Waals surface area contributed by atoms with E-state index in [9.17, 15) is 0 Å². The van der Waals surface area contributed by atoms with Crippen molar-refractivity contribution in [2.75, 3.05) is 46.9 Å². The van der Waals surface area contributed by atoms with Crippen molar-refractivity contribution in [3.05, 3.63) is 52.8 Å². The number of hydrogen-bond acceptors (Lipinski definition) is 5. The van der Waals surface area contributed by atoms with Crippen molar-refractivity contribution in [2.24, 2.45) is 4.99 Å². The van der Waals surface area contributed by atoms with Crippen LogP contribution in [0.4, 0.5) is 0 Å². The molecule has 0 bridgehead atoms. The Bertz CT molecular complexity index is 810. The third-order valence-electron chi connectivity index (χ3n) is 4.97. The van der Waals surface area contributed by atoms with Gasteiger partial charge in [-0.2, -0.15) is 0 Å². The van der Waals surface area contributed by atoms with Crippen LogP contribution < -0.4 is 20.1 Å². The maximum Gasteiger partial charge on any atom is 0.191 e. The van der Waals surface area contributed by atoms with Crippen LogP contribution in [0.2, 0.25) is 5.15 Å². The summed E-state index contributed by atoms with van der Waals surface area (Å²) in [5, 5.41) is 7.14. The van der Waals surface area contributed by atoms with Crippen LogP contribution in [0.15, 0.2) is 41.5 Å². The van der Waals surface area contributed by atoms with Gasteiger partial charge in [0.25, 0.3) is 0 Å². The number of nitrogens with one attached hydrogen (secondary N) is 2. The first kappa shape index (κ1) is 24.8. The summed E-state index contributed by atoms with van der Waals surface area (Å²) in [5.41, 5.74) is 2.20. The van der Waals surface area contributed by atoms with E-state index in [4.69, 9.17) is 21.1 Å². The van der Waals surface area contributed by atoms with Gasteiger partial charge in [0.2, 0.25) is 0 Å². The van der Waals surface area contributed by atoms with Crippen molar-refractivity contribution in [1.82, 2.24) is 20.5 Å². The van der Waals surface area contributed by atoms with Gasteiger partial charge in [-0.15, -0.1) is 0 Å². The second kappa shape index (κ2) is 13.7. The maximum atomic E-state index is 5.93. The SMILES string of the molecule is CCN(CC)CCOc1ccc(CNC(=NC)NCCc2ccc(Cl)nc2)cc1OC. The van der Waals surface area contributed by atoms with Crippen LogP contribution >= 0.6 is 11.6 Å². The van der Waals surface area contributed by atoms with E-state index in [1.807, 2.05) is 24.3 Å². The zero-order chi connectivity index (χ0) is 22.5. The first-order valence-corrected chi connectivity index (χ1v) is 11.0. The van der Waals surface area contributed by atoms with Gasteiger partial charge in [0, 0.05) is 32.9 Å². The molecule has 0 aliphatic heterocycles. The molecule has 0 saturated carbocycles. The lowest BCUT2D eigenvalue weighted by Gasteiger charge is -2.19. The molecule has 170 valence electrons. The zero-order valence-electron chi connectivity index (χ0n) is 18.9. The van der Waals surface area contributed by atoms with Crippen LogP contribution in [0.1, 0.15) is 25.0 Å². The molecule has 2 N–H and O–H groups in total. The molecule has 2 aromatic rings. The summed E-state index contributed by atoms with van der Waals surface area (Å²) in [5.74, 6) is 2.23. The number of hydrogen-bond donors (Lipinski definition) is 2. The summed E-state index contributed by atoms with van der Waals surface area (Å²) in [6, 6.07) is 9.77. The number of nitrogens with zero attached hydrogens (tertiary/aromatic N) is 3. The summed E-state index contributed by atoms with van der Waals surface area (Å²) in [4.78, 5) is 10.7. The molecule has 1 aromatic carbocycles. The molecule has 0 saturated heterocycles. The molecule has 0 aliphatic carbocycles. The van der Waals surface area contributed by atoms with E-state index < -0.39 is 0 Å². The van der Waals surface area contributed by atoms with Gasteiger partial charge in [-0.3, -0.25) is 4.99 Å². The van der Waals surface area contributed by atoms with E-state index in [0.29, 0.717) is 18.3 Å². The molecule has 0 amide bonds. The third kappa shape index (κ3) is 8.63. The number of guanidine groups is 1. The smallest absolute Gasteiger partial charge is 0.191 e. The molecule has 1 aromatic heterocycles. The number of likely N-dealkylation sites (N-methyl/N-ethyl adjacent to an activating group) is 1. The van der Waals surface area contributed by atoms with Crippen molar-refractivity contribution < 1.29 is 9.47 Å². The van der Waals surface area contributed by atoms with Gasteiger partial charge in [-0.05, 0) is 48.8 Å². The molecule has 0 spiro atoms. The quantitative estimate of drug-likeness (QED) is 0.295. The van der Waals surface area contributed by atoms with E-state index in [1.165, 1.54) is 0 Å². The van der Waals surface area contributed by atoms with E-state index in [0.717, 1.165) is 61.2 Å².